The zero-order chi connectivity index (χ0) is 35.5. The lowest BCUT2D eigenvalue weighted by atomic mass is 9.82. The zero-order valence-corrected chi connectivity index (χ0v) is 29.9. The van der Waals surface area contributed by atoms with Crippen LogP contribution in [0.1, 0.15) is 25.0 Å². The van der Waals surface area contributed by atoms with E-state index in [1.165, 1.54) is 72.0 Å². The summed E-state index contributed by atoms with van der Waals surface area (Å²) >= 11 is 0. The smallest absolute Gasteiger partial charge is 0.0561 e. The van der Waals surface area contributed by atoms with E-state index in [2.05, 4.69) is 217 Å². The Hall–Kier alpha value is -6.64. The first-order valence-electron chi connectivity index (χ1n) is 18.4. The van der Waals surface area contributed by atoms with Gasteiger partial charge >= 0.3 is 0 Å². The van der Waals surface area contributed by atoms with Crippen molar-refractivity contribution in [2.24, 2.45) is 0 Å². The number of anilines is 3. The van der Waals surface area contributed by atoms with Crippen molar-refractivity contribution in [1.82, 2.24) is 4.57 Å². The lowest BCUT2D eigenvalue weighted by molar-refractivity contribution is 0.660. The largest absolute Gasteiger partial charge is 0.310 e. The van der Waals surface area contributed by atoms with Crippen LogP contribution in [0.3, 0.4) is 0 Å². The van der Waals surface area contributed by atoms with Crippen LogP contribution in [0.15, 0.2) is 194 Å². The van der Waals surface area contributed by atoms with Gasteiger partial charge in [-0.3, -0.25) is 0 Å². The summed E-state index contributed by atoms with van der Waals surface area (Å²) in [4.78, 5) is 2.37. The summed E-state index contributed by atoms with van der Waals surface area (Å²) in [5.41, 5.74) is 17.1. The van der Waals surface area contributed by atoms with E-state index in [1.54, 1.807) is 0 Å². The molecule has 1 heterocycles. The average molecular weight is 679 g/mol. The van der Waals surface area contributed by atoms with Gasteiger partial charge in [0, 0.05) is 38.9 Å². The third kappa shape index (κ3) is 5.10. The van der Waals surface area contributed by atoms with E-state index in [4.69, 9.17) is 0 Å². The Morgan fingerprint density at radius 3 is 1.75 bits per heavy atom. The van der Waals surface area contributed by atoms with Crippen molar-refractivity contribution in [3.8, 4) is 39.1 Å². The molecule has 1 aliphatic carbocycles. The second-order valence-corrected chi connectivity index (χ2v) is 14.6. The molecule has 8 aromatic carbocycles. The van der Waals surface area contributed by atoms with Crippen molar-refractivity contribution in [1.29, 1.82) is 0 Å². The Kier molecular flexibility index (Phi) is 7.19. The fourth-order valence-corrected chi connectivity index (χ4v) is 8.54. The SMILES string of the molecule is CC1(C)c2ccccc2-c2ccc(-n3c4ccccc4c4ccc(N(c5ccccc5)c5ccc(-c6cccc(-c7ccccc7)c6)cc5)cc43)cc21. The van der Waals surface area contributed by atoms with Crippen molar-refractivity contribution in [3.05, 3.63) is 205 Å². The molecule has 252 valence electrons. The fraction of sp³-hybridized carbons (Fsp3) is 0.0588. The van der Waals surface area contributed by atoms with Gasteiger partial charge in [0.05, 0.1) is 11.0 Å². The molecular weight excluding hydrogens is 641 g/mol. The molecule has 0 amide bonds. The molecule has 0 radical (unpaired) electrons. The molecule has 0 saturated heterocycles. The van der Waals surface area contributed by atoms with E-state index >= 15 is 0 Å². The van der Waals surface area contributed by atoms with Crippen LogP contribution in [0, 0.1) is 0 Å². The number of benzene rings is 8. The van der Waals surface area contributed by atoms with Gasteiger partial charge < -0.3 is 9.47 Å². The minimum Gasteiger partial charge on any atom is -0.310 e. The quantitative estimate of drug-likeness (QED) is 0.170. The van der Waals surface area contributed by atoms with E-state index in [9.17, 15) is 0 Å². The molecule has 53 heavy (non-hydrogen) atoms. The molecule has 9 aromatic rings. The van der Waals surface area contributed by atoms with Gasteiger partial charge in [-0.15, -0.1) is 0 Å². The summed E-state index contributed by atoms with van der Waals surface area (Å²) in [6, 6.07) is 70.8. The first-order chi connectivity index (χ1) is 26.0. The Labute approximate surface area is 310 Å². The van der Waals surface area contributed by atoms with Crippen LogP contribution in [0.4, 0.5) is 17.1 Å². The van der Waals surface area contributed by atoms with Crippen LogP contribution in [-0.4, -0.2) is 4.57 Å². The van der Waals surface area contributed by atoms with E-state index in [0.717, 1.165) is 17.1 Å². The third-order valence-corrected chi connectivity index (χ3v) is 11.2. The number of rotatable bonds is 6. The summed E-state index contributed by atoms with van der Waals surface area (Å²) in [7, 11) is 0. The number of fused-ring (bicyclic) bond motifs is 6. The van der Waals surface area contributed by atoms with Crippen LogP contribution < -0.4 is 4.90 Å². The van der Waals surface area contributed by atoms with Crippen molar-refractivity contribution in [2.45, 2.75) is 19.3 Å². The van der Waals surface area contributed by atoms with E-state index in [-0.39, 0.29) is 5.41 Å². The summed E-state index contributed by atoms with van der Waals surface area (Å²) < 4.78 is 2.46. The number of aromatic nitrogens is 1. The molecule has 0 N–H and O–H groups in total. The highest BCUT2D eigenvalue weighted by atomic mass is 15.1. The molecule has 0 spiro atoms. The molecule has 0 bridgehead atoms. The highest BCUT2D eigenvalue weighted by Crippen LogP contribution is 2.49. The minimum atomic E-state index is -0.0784. The van der Waals surface area contributed by atoms with Crippen LogP contribution in [0.2, 0.25) is 0 Å². The third-order valence-electron chi connectivity index (χ3n) is 11.2. The molecule has 0 fully saturated rings. The van der Waals surface area contributed by atoms with E-state index in [1.807, 2.05) is 0 Å². The first-order valence-corrected chi connectivity index (χ1v) is 18.4. The topological polar surface area (TPSA) is 8.17 Å². The highest BCUT2D eigenvalue weighted by Gasteiger charge is 2.35. The maximum Gasteiger partial charge on any atom is 0.0561 e. The monoisotopic (exact) mass is 678 g/mol. The molecule has 0 atom stereocenters. The zero-order valence-electron chi connectivity index (χ0n) is 29.9. The average Bonchev–Trinajstić information content (AvgIpc) is 3.67. The van der Waals surface area contributed by atoms with Crippen LogP contribution in [0.25, 0.3) is 60.9 Å². The number of para-hydroxylation sites is 2. The second-order valence-electron chi connectivity index (χ2n) is 14.6. The Balaban J connectivity index is 1.10. The summed E-state index contributed by atoms with van der Waals surface area (Å²) in [6.45, 7) is 4.71. The lowest BCUT2D eigenvalue weighted by Crippen LogP contribution is -2.15. The predicted molar refractivity (Wildman–Crippen MR) is 224 cm³/mol. The fourth-order valence-electron chi connectivity index (χ4n) is 8.54. The van der Waals surface area contributed by atoms with Crippen LogP contribution in [0.5, 0.6) is 0 Å². The van der Waals surface area contributed by atoms with Crippen molar-refractivity contribution >= 4 is 38.9 Å². The van der Waals surface area contributed by atoms with Gasteiger partial charge in [0.2, 0.25) is 0 Å². The normalized spacial score (nSPS) is 12.9. The Morgan fingerprint density at radius 2 is 0.962 bits per heavy atom. The van der Waals surface area contributed by atoms with Gasteiger partial charge in [-0.2, -0.15) is 0 Å². The number of nitrogens with zero attached hydrogens (tertiary/aromatic N) is 2. The molecule has 0 unspecified atom stereocenters. The standard InChI is InChI=1S/C51H38N2/c1-51(2)47-22-11-9-20-43(47)44-30-28-41(33-48(44)51)53-49-23-12-10-21-45(49)46-31-29-42(34-50(46)53)52(39-18-7-4-8-19-39)40-26-24-36(25-27-40)38-17-13-16-37(32-38)35-14-5-3-6-15-35/h3-34H,1-2H3. The highest BCUT2D eigenvalue weighted by molar-refractivity contribution is 6.10. The van der Waals surface area contributed by atoms with Gasteiger partial charge in [-0.05, 0) is 105 Å². The summed E-state index contributed by atoms with van der Waals surface area (Å²) in [6.07, 6.45) is 0. The molecule has 0 saturated carbocycles. The van der Waals surface area contributed by atoms with Gasteiger partial charge in [0.1, 0.15) is 0 Å². The molecule has 2 nitrogen and oxygen atoms in total. The van der Waals surface area contributed by atoms with Gasteiger partial charge in [-0.25, -0.2) is 0 Å². The van der Waals surface area contributed by atoms with Gasteiger partial charge in [-0.1, -0.05) is 147 Å². The Bertz CT molecular complexity index is 2790. The molecule has 0 aliphatic heterocycles. The van der Waals surface area contributed by atoms with E-state index in [0.29, 0.717) is 0 Å². The van der Waals surface area contributed by atoms with Crippen molar-refractivity contribution < 1.29 is 0 Å². The first kappa shape index (κ1) is 31.1. The van der Waals surface area contributed by atoms with Crippen LogP contribution in [-0.2, 0) is 5.41 Å². The van der Waals surface area contributed by atoms with Crippen LogP contribution >= 0.6 is 0 Å². The summed E-state index contributed by atoms with van der Waals surface area (Å²) in [5, 5.41) is 2.50. The maximum atomic E-state index is 2.46. The Morgan fingerprint density at radius 1 is 0.377 bits per heavy atom. The number of hydrogen-bond acceptors (Lipinski definition) is 1. The molecule has 1 aliphatic rings. The molecule has 2 heteroatoms. The van der Waals surface area contributed by atoms with Crippen molar-refractivity contribution in [3.63, 3.8) is 0 Å². The van der Waals surface area contributed by atoms with Crippen molar-refractivity contribution in [2.75, 3.05) is 4.90 Å². The van der Waals surface area contributed by atoms with Gasteiger partial charge in [0.25, 0.3) is 0 Å². The minimum absolute atomic E-state index is 0.0784. The number of hydrogen-bond donors (Lipinski definition) is 0. The maximum absolute atomic E-state index is 2.46. The molecular formula is C51H38N2. The van der Waals surface area contributed by atoms with E-state index < -0.39 is 0 Å². The molecule has 1 aromatic heterocycles. The second kappa shape index (κ2) is 12.3. The summed E-state index contributed by atoms with van der Waals surface area (Å²) in [5.74, 6) is 0. The van der Waals surface area contributed by atoms with Gasteiger partial charge in [0.15, 0.2) is 0 Å². The molecule has 10 rings (SSSR count). The predicted octanol–water partition coefficient (Wildman–Crippen LogP) is 13.9. The lowest BCUT2D eigenvalue weighted by Gasteiger charge is -2.26.